The van der Waals surface area contributed by atoms with Crippen molar-refractivity contribution in [2.24, 2.45) is 0 Å². The Bertz CT molecular complexity index is 525. The van der Waals surface area contributed by atoms with E-state index in [0.717, 1.165) is 34.5 Å². The maximum Gasteiger partial charge on any atom is 0.106 e. The van der Waals surface area contributed by atoms with E-state index in [-0.39, 0.29) is 0 Å². The number of aromatic nitrogens is 2. The van der Waals surface area contributed by atoms with Gasteiger partial charge in [0.15, 0.2) is 0 Å². The van der Waals surface area contributed by atoms with Gasteiger partial charge < -0.3 is 10.3 Å². The second kappa shape index (κ2) is 3.81. The Morgan fingerprint density at radius 1 is 1.38 bits per heavy atom. The summed E-state index contributed by atoms with van der Waals surface area (Å²) in [7, 11) is 0. The average molecular weight is 217 g/mol. The molecule has 0 radical (unpaired) electrons. The molecule has 86 valence electrons. The van der Waals surface area contributed by atoms with Crippen molar-refractivity contribution in [1.29, 1.82) is 0 Å². The molecule has 0 fully saturated rings. The molecular weight excluding hydrogens is 198 g/mol. The first-order valence-electron chi connectivity index (χ1n) is 5.79. The van der Waals surface area contributed by atoms with Gasteiger partial charge in [-0.05, 0) is 44.9 Å². The smallest absolute Gasteiger partial charge is 0.106 e. The maximum absolute atomic E-state index is 5.96. The predicted octanol–water partition coefficient (Wildman–Crippen LogP) is 3.21. The van der Waals surface area contributed by atoms with Gasteiger partial charge in [-0.15, -0.1) is 0 Å². The van der Waals surface area contributed by atoms with Crippen molar-refractivity contribution in [2.45, 2.75) is 40.2 Å². The lowest BCUT2D eigenvalue weighted by Crippen LogP contribution is -2.05. The zero-order valence-electron chi connectivity index (χ0n) is 10.4. The van der Waals surface area contributed by atoms with E-state index >= 15 is 0 Å². The van der Waals surface area contributed by atoms with Crippen molar-refractivity contribution in [3.8, 4) is 0 Å². The molecule has 1 aromatic heterocycles. The Balaban J connectivity index is 2.73. The third-order valence-corrected chi connectivity index (χ3v) is 3.29. The number of imidazole rings is 1. The van der Waals surface area contributed by atoms with E-state index < -0.39 is 0 Å². The van der Waals surface area contributed by atoms with Crippen LogP contribution < -0.4 is 5.73 Å². The monoisotopic (exact) mass is 217 g/mol. The lowest BCUT2D eigenvalue weighted by Gasteiger charge is -2.14. The molecule has 3 nitrogen and oxygen atoms in total. The van der Waals surface area contributed by atoms with Gasteiger partial charge in [-0.2, -0.15) is 0 Å². The van der Waals surface area contributed by atoms with Crippen LogP contribution in [-0.2, 0) is 0 Å². The number of nitrogens with two attached hydrogens (primary N) is 1. The molecule has 2 rings (SSSR count). The van der Waals surface area contributed by atoms with E-state index in [2.05, 4.69) is 36.4 Å². The Labute approximate surface area is 96.3 Å². The zero-order chi connectivity index (χ0) is 11.9. The highest BCUT2D eigenvalue weighted by Crippen LogP contribution is 2.26. The quantitative estimate of drug-likeness (QED) is 0.785. The normalized spacial score (nSPS) is 13.2. The van der Waals surface area contributed by atoms with Gasteiger partial charge in [0.25, 0.3) is 0 Å². The molecule has 2 aromatic rings. The molecule has 0 aliphatic rings. The second-order valence-corrected chi connectivity index (χ2v) is 4.48. The van der Waals surface area contributed by atoms with Crippen LogP contribution in [0.25, 0.3) is 11.0 Å². The molecule has 0 spiro atoms. The molecule has 1 heterocycles. The van der Waals surface area contributed by atoms with Crippen molar-refractivity contribution in [2.75, 3.05) is 5.73 Å². The summed E-state index contributed by atoms with van der Waals surface area (Å²) in [4.78, 5) is 4.59. The van der Waals surface area contributed by atoms with Gasteiger partial charge in [-0.3, -0.25) is 0 Å². The minimum Gasteiger partial charge on any atom is -0.398 e. The first-order valence-corrected chi connectivity index (χ1v) is 5.79. The standard InChI is InChI=1S/C13H19N3/c1-5-9(3)16-10(4)15-12-6-8(2)11(14)7-13(12)16/h6-7,9H,5,14H2,1-4H3/t9-/m0/s1. The first kappa shape index (κ1) is 11.0. The fourth-order valence-electron chi connectivity index (χ4n) is 2.12. The Morgan fingerprint density at radius 3 is 2.69 bits per heavy atom. The van der Waals surface area contributed by atoms with Crippen LogP contribution >= 0.6 is 0 Å². The summed E-state index contributed by atoms with van der Waals surface area (Å²) >= 11 is 0. The molecule has 1 atom stereocenters. The van der Waals surface area contributed by atoms with Crippen LogP contribution in [0, 0.1) is 13.8 Å². The van der Waals surface area contributed by atoms with E-state index in [1.807, 2.05) is 13.0 Å². The Hall–Kier alpha value is -1.51. The number of benzene rings is 1. The molecule has 0 aliphatic heterocycles. The van der Waals surface area contributed by atoms with Crippen molar-refractivity contribution in [3.63, 3.8) is 0 Å². The van der Waals surface area contributed by atoms with E-state index in [1.165, 1.54) is 0 Å². The summed E-state index contributed by atoms with van der Waals surface area (Å²) in [6.07, 6.45) is 1.10. The number of nitrogen functional groups attached to an aromatic ring is 1. The van der Waals surface area contributed by atoms with E-state index in [9.17, 15) is 0 Å². The fourth-order valence-corrected chi connectivity index (χ4v) is 2.12. The molecule has 16 heavy (non-hydrogen) atoms. The van der Waals surface area contributed by atoms with Gasteiger partial charge in [0.1, 0.15) is 5.82 Å². The first-order chi connectivity index (χ1) is 7.54. The van der Waals surface area contributed by atoms with Crippen molar-refractivity contribution in [3.05, 3.63) is 23.5 Å². The number of nitrogens with zero attached hydrogens (tertiary/aromatic N) is 2. The summed E-state index contributed by atoms with van der Waals surface area (Å²) in [5.74, 6) is 1.06. The second-order valence-electron chi connectivity index (χ2n) is 4.48. The summed E-state index contributed by atoms with van der Waals surface area (Å²) in [6, 6.07) is 4.57. The number of aryl methyl sites for hydroxylation is 2. The lowest BCUT2D eigenvalue weighted by molar-refractivity contribution is 0.532. The number of anilines is 1. The highest BCUT2D eigenvalue weighted by atomic mass is 15.1. The topological polar surface area (TPSA) is 43.8 Å². The minimum atomic E-state index is 0.465. The van der Waals surface area contributed by atoms with Crippen LogP contribution in [0.15, 0.2) is 12.1 Å². The summed E-state index contributed by atoms with van der Waals surface area (Å²) in [5.41, 5.74) is 10.1. The van der Waals surface area contributed by atoms with Crippen molar-refractivity contribution in [1.82, 2.24) is 9.55 Å². The van der Waals surface area contributed by atoms with Gasteiger partial charge in [0, 0.05) is 11.7 Å². The van der Waals surface area contributed by atoms with Gasteiger partial charge >= 0.3 is 0 Å². The number of hydrogen-bond donors (Lipinski definition) is 1. The van der Waals surface area contributed by atoms with Gasteiger partial charge in [0.2, 0.25) is 0 Å². The summed E-state index contributed by atoms with van der Waals surface area (Å²) in [5, 5.41) is 0. The predicted molar refractivity (Wildman–Crippen MR) is 68.6 cm³/mol. The maximum atomic E-state index is 5.96. The molecule has 0 amide bonds. The van der Waals surface area contributed by atoms with Gasteiger partial charge in [0.05, 0.1) is 11.0 Å². The SMILES string of the molecule is CC[C@H](C)n1c(C)nc2cc(C)c(N)cc21. The molecule has 0 saturated heterocycles. The summed E-state index contributed by atoms with van der Waals surface area (Å²) in [6.45, 7) is 8.47. The van der Waals surface area contributed by atoms with Crippen molar-refractivity contribution >= 4 is 16.7 Å². The van der Waals surface area contributed by atoms with Crippen LogP contribution in [0.5, 0.6) is 0 Å². The van der Waals surface area contributed by atoms with Crippen LogP contribution in [-0.4, -0.2) is 9.55 Å². The Morgan fingerprint density at radius 2 is 2.06 bits per heavy atom. The molecule has 0 bridgehead atoms. The van der Waals surface area contributed by atoms with Crippen LogP contribution in [0.4, 0.5) is 5.69 Å². The number of hydrogen-bond acceptors (Lipinski definition) is 2. The van der Waals surface area contributed by atoms with E-state index in [4.69, 9.17) is 5.73 Å². The van der Waals surface area contributed by atoms with Gasteiger partial charge in [-0.25, -0.2) is 4.98 Å². The van der Waals surface area contributed by atoms with Gasteiger partial charge in [-0.1, -0.05) is 6.92 Å². The molecule has 0 saturated carbocycles. The highest BCUT2D eigenvalue weighted by molar-refractivity contribution is 5.81. The molecule has 1 aromatic carbocycles. The molecule has 2 N–H and O–H groups in total. The Kier molecular flexibility index (Phi) is 2.62. The third kappa shape index (κ3) is 1.56. The van der Waals surface area contributed by atoms with Crippen LogP contribution in [0.2, 0.25) is 0 Å². The molecule has 3 heteroatoms. The van der Waals surface area contributed by atoms with Crippen molar-refractivity contribution < 1.29 is 0 Å². The highest BCUT2D eigenvalue weighted by Gasteiger charge is 2.12. The number of fused-ring (bicyclic) bond motifs is 1. The van der Waals surface area contributed by atoms with E-state index in [1.54, 1.807) is 0 Å². The largest absolute Gasteiger partial charge is 0.398 e. The number of rotatable bonds is 2. The van der Waals surface area contributed by atoms with Crippen LogP contribution in [0.3, 0.4) is 0 Å². The van der Waals surface area contributed by atoms with Crippen LogP contribution in [0.1, 0.15) is 37.7 Å². The fraction of sp³-hybridized carbons (Fsp3) is 0.462. The molecule has 0 aliphatic carbocycles. The molecular formula is C13H19N3. The lowest BCUT2D eigenvalue weighted by atomic mass is 10.1. The molecule has 0 unspecified atom stereocenters. The summed E-state index contributed by atoms with van der Waals surface area (Å²) < 4.78 is 2.27. The third-order valence-electron chi connectivity index (χ3n) is 3.29. The zero-order valence-corrected chi connectivity index (χ0v) is 10.4. The average Bonchev–Trinajstić information content (AvgIpc) is 2.54. The minimum absolute atomic E-state index is 0.465. The van der Waals surface area contributed by atoms with E-state index in [0.29, 0.717) is 6.04 Å².